The third-order valence-corrected chi connectivity index (χ3v) is 2.71. The molecule has 15 heavy (non-hydrogen) atoms. The molecule has 2 N–H and O–H groups in total. The third kappa shape index (κ3) is 3.44. The highest BCUT2D eigenvalue weighted by atomic mass is 16.5. The first-order valence-corrected chi connectivity index (χ1v) is 5.13. The van der Waals surface area contributed by atoms with Crippen LogP contribution in [0.2, 0.25) is 0 Å². The minimum absolute atomic E-state index is 0.163. The molecule has 1 aliphatic rings. The highest BCUT2D eigenvalue weighted by Crippen LogP contribution is 2.13. The monoisotopic (exact) mass is 217 g/mol. The molecule has 1 rings (SSSR count). The van der Waals surface area contributed by atoms with E-state index in [-0.39, 0.29) is 6.61 Å². The van der Waals surface area contributed by atoms with Crippen molar-refractivity contribution in [3.05, 3.63) is 0 Å². The Labute approximate surface area is 89.8 Å². The maximum atomic E-state index is 11.0. The molecule has 5 heteroatoms. The van der Waals surface area contributed by atoms with Crippen molar-refractivity contribution < 1.29 is 19.4 Å². The van der Waals surface area contributed by atoms with Crippen LogP contribution in [0.3, 0.4) is 0 Å². The highest BCUT2D eigenvalue weighted by molar-refractivity contribution is 5.78. The van der Waals surface area contributed by atoms with E-state index in [4.69, 9.17) is 14.6 Å². The molecule has 2 unspecified atom stereocenters. The molecular weight excluding hydrogens is 198 g/mol. The lowest BCUT2D eigenvalue weighted by molar-refractivity contribution is -0.146. The van der Waals surface area contributed by atoms with Gasteiger partial charge in [-0.15, -0.1) is 0 Å². The second-order valence-electron chi connectivity index (χ2n) is 4.18. The first-order valence-electron chi connectivity index (χ1n) is 5.13. The van der Waals surface area contributed by atoms with Crippen LogP contribution in [0.5, 0.6) is 0 Å². The van der Waals surface area contributed by atoms with Crippen LogP contribution in [0.15, 0.2) is 0 Å². The fraction of sp³-hybridized carbons (Fsp3) is 0.900. The van der Waals surface area contributed by atoms with Crippen LogP contribution in [-0.2, 0) is 14.3 Å². The van der Waals surface area contributed by atoms with Gasteiger partial charge < -0.3 is 14.6 Å². The number of hydrogen-bond acceptors (Lipinski definition) is 4. The highest BCUT2D eigenvalue weighted by Gasteiger charge is 2.33. The van der Waals surface area contributed by atoms with Gasteiger partial charge in [-0.25, -0.2) is 0 Å². The van der Waals surface area contributed by atoms with Gasteiger partial charge >= 0.3 is 5.97 Å². The zero-order valence-electron chi connectivity index (χ0n) is 9.28. The Bertz CT molecular complexity index is 215. The average molecular weight is 217 g/mol. The van der Waals surface area contributed by atoms with Crippen molar-refractivity contribution in [3.8, 4) is 0 Å². The Morgan fingerprint density at radius 3 is 2.93 bits per heavy atom. The number of carboxylic acid groups (broad SMARTS) is 1. The van der Waals surface area contributed by atoms with Gasteiger partial charge in [0.1, 0.15) is 5.54 Å². The molecule has 0 aromatic carbocycles. The van der Waals surface area contributed by atoms with Crippen molar-refractivity contribution in [1.29, 1.82) is 0 Å². The molecule has 0 aromatic rings. The van der Waals surface area contributed by atoms with Gasteiger partial charge in [-0.3, -0.25) is 10.1 Å². The number of methoxy groups -OCH3 is 1. The van der Waals surface area contributed by atoms with Crippen molar-refractivity contribution in [2.75, 3.05) is 33.5 Å². The van der Waals surface area contributed by atoms with Gasteiger partial charge in [0.2, 0.25) is 0 Å². The van der Waals surface area contributed by atoms with Gasteiger partial charge in [-0.05, 0) is 19.3 Å². The Balaban J connectivity index is 2.40. The third-order valence-electron chi connectivity index (χ3n) is 2.71. The number of aliphatic carboxylic acids is 1. The van der Waals surface area contributed by atoms with E-state index in [0.29, 0.717) is 12.5 Å². The summed E-state index contributed by atoms with van der Waals surface area (Å²) in [7, 11) is 1.50. The average Bonchev–Trinajstić information content (AvgIpc) is 2.67. The number of carbonyl (C=O) groups is 1. The van der Waals surface area contributed by atoms with Crippen LogP contribution >= 0.6 is 0 Å². The first-order chi connectivity index (χ1) is 7.08. The molecule has 5 nitrogen and oxygen atoms in total. The largest absolute Gasteiger partial charge is 0.480 e. The van der Waals surface area contributed by atoms with E-state index in [1.165, 1.54) is 7.11 Å². The Kier molecular flexibility index (Phi) is 4.50. The maximum Gasteiger partial charge on any atom is 0.326 e. The molecule has 0 bridgehead atoms. The molecule has 88 valence electrons. The Morgan fingerprint density at radius 2 is 2.47 bits per heavy atom. The normalized spacial score (nSPS) is 25.1. The smallest absolute Gasteiger partial charge is 0.326 e. The van der Waals surface area contributed by atoms with E-state index < -0.39 is 11.5 Å². The number of ether oxygens (including phenoxy) is 2. The fourth-order valence-electron chi connectivity index (χ4n) is 1.59. The zero-order valence-corrected chi connectivity index (χ0v) is 9.28. The topological polar surface area (TPSA) is 67.8 Å². The van der Waals surface area contributed by atoms with Crippen molar-refractivity contribution in [3.63, 3.8) is 0 Å². The summed E-state index contributed by atoms with van der Waals surface area (Å²) in [6.07, 6.45) is 0.996. The molecule has 2 atom stereocenters. The van der Waals surface area contributed by atoms with E-state index in [1.807, 2.05) is 0 Å². The van der Waals surface area contributed by atoms with E-state index in [0.717, 1.165) is 19.6 Å². The van der Waals surface area contributed by atoms with Crippen LogP contribution in [0.4, 0.5) is 0 Å². The van der Waals surface area contributed by atoms with Crippen LogP contribution < -0.4 is 5.32 Å². The summed E-state index contributed by atoms with van der Waals surface area (Å²) in [4.78, 5) is 11.0. The molecule has 0 aromatic heterocycles. The summed E-state index contributed by atoms with van der Waals surface area (Å²) < 4.78 is 10.1. The van der Waals surface area contributed by atoms with Crippen molar-refractivity contribution in [1.82, 2.24) is 5.32 Å². The van der Waals surface area contributed by atoms with E-state index >= 15 is 0 Å². The SMILES string of the molecule is COCC(C)(NCC1CCOC1)C(=O)O. The van der Waals surface area contributed by atoms with E-state index in [9.17, 15) is 4.79 Å². The molecule has 0 radical (unpaired) electrons. The quantitative estimate of drug-likeness (QED) is 0.660. The predicted molar refractivity (Wildman–Crippen MR) is 54.8 cm³/mol. The molecular formula is C10H19NO4. The molecule has 0 saturated carbocycles. The molecule has 0 aliphatic carbocycles. The van der Waals surface area contributed by atoms with Crippen molar-refractivity contribution >= 4 is 5.97 Å². The van der Waals surface area contributed by atoms with Crippen molar-refractivity contribution in [2.24, 2.45) is 5.92 Å². The fourth-order valence-corrected chi connectivity index (χ4v) is 1.59. The summed E-state index contributed by atoms with van der Waals surface area (Å²) >= 11 is 0. The minimum atomic E-state index is -1.00. The van der Waals surface area contributed by atoms with E-state index in [2.05, 4.69) is 5.32 Å². The minimum Gasteiger partial charge on any atom is -0.480 e. The van der Waals surface area contributed by atoms with Crippen molar-refractivity contribution in [2.45, 2.75) is 18.9 Å². The van der Waals surface area contributed by atoms with Crippen LogP contribution in [0, 0.1) is 5.92 Å². The second kappa shape index (κ2) is 5.44. The number of rotatable bonds is 6. The molecule has 1 saturated heterocycles. The summed E-state index contributed by atoms with van der Waals surface area (Å²) in [5.74, 6) is -0.469. The summed E-state index contributed by atoms with van der Waals surface area (Å²) in [5, 5.41) is 12.1. The van der Waals surface area contributed by atoms with Gasteiger partial charge in [0, 0.05) is 20.3 Å². The van der Waals surface area contributed by atoms with E-state index in [1.54, 1.807) is 6.92 Å². The molecule has 1 fully saturated rings. The molecule has 0 amide bonds. The summed E-state index contributed by atoms with van der Waals surface area (Å²) in [5.41, 5.74) is -1.00. The molecule has 0 spiro atoms. The Hall–Kier alpha value is -0.650. The first kappa shape index (κ1) is 12.4. The van der Waals surface area contributed by atoms with Crippen LogP contribution in [0.1, 0.15) is 13.3 Å². The van der Waals surface area contributed by atoms with Crippen LogP contribution in [-0.4, -0.2) is 50.1 Å². The van der Waals surface area contributed by atoms with Crippen LogP contribution in [0.25, 0.3) is 0 Å². The summed E-state index contributed by atoms with van der Waals surface area (Å²) in [6.45, 7) is 3.95. The molecule has 1 aliphatic heterocycles. The number of nitrogens with one attached hydrogen (secondary N) is 1. The van der Waals surface area contributed by atoms with Gasteiger partial charge in [-0.2, -0.15) is 0 Å². The van der Waals surface area contributed by atoms with Gasteiger partial charge in [-0.1, -0.05) is 0 Å². The van der Waals surface area contributed by atoms with Gasteiger partial charge in [0.05, 0.1) is 13.2 Å². The number of carboxylic acids is 1. The van der Waals surface area contributed by atoms with Gasteiger partial charge in [0.25, 0.3) is 0 Å². The maximum absolute atomic E-state index is 11.0. The lowest BCUT2D eigenvalue weighted by atomic mass is 10.0. The second-order valence-corrected chi connectivity index (χ2v) is 4.18. The standard InChI is InChI=1S/C10H19NO4/c1-10(7-14-2,9(12)13)11-5-8-3-4-15-6-8/h8,11H,3-7H2,1-2H3,(H,12,13). The predicted octanol–water partition coefficient (Wildman–Crippen LogP) is 0.102. The number of hydrogen-bond donors (Lipinski definition) is 2. The molecule has 1 heterocycles. The lowest BCUT2D eigenvalue weighted by Gasteiger charge is -2.26. The summed E-state index contributed by atoms with van der Waals surface area (Å²) in [6, 6.07) is 0. The zero-order chi connectivity index (χ0) is 11.3. The Morgan fingerprint density at radius 1 is 1.73 bits per heavy atom. The lowest BCUT2D eigenvalue weighted by Crippen LogP contribution is -2.54. The van der Waals surface area contributed by atoms with Gasteiger partial charge in [0.15, 0.2) is 0 Å².